The first-order valence-corrected chi connectivity index (χ1v) is 16.4. The highest BCUT2D eigenvalue weighted by atomic mass is 16.5. The number of benzene rings is 2. The Morgan fingerprint density at radius 1 is 0.886 bits per heavy atom. The second kappa shape index (κ2) is 15.2. The molecule has 0 radical (unpaired) electrons. The molecule has 1 aromatic heterocycles. The highest BCUT2D eigenvalue weighted by Crippen LogP contribution is 2.31. The van der Waals surface area contributed by atoms with Gasteiger partial charge in [0.05, 0.1) is 6.20 Å². The summed E-state index contributed by atoms with van der Waals surface area (Å²) >= 11 is 0. The van der Waals surface area contributed by atoms with E-state index in [0.29, 0.717) is 31.3 Å². The molecular formula is C36H46N4O4. The van der Waals surface area contributed by atoms with Crippen molar-refractivity contribution in [2.24, 2.45) is 11.8 Å². The van der Waals surface area contributed by atoms with Crippen molar-refractivity contribution < 1.29 is 18.9 Å². The lowest BCUT2D eigenvalue weighted by molar-refractivity contribution is -0.139. The molecule has 44 heavy (non-hydrogen) atoms. The van der Waals surface area contributed by atoms with Crippen LogP contribution in [0.15, 0.2) is 71.4 Å². The van der Waals surface area contributed by atoms with Crippen LogP contribution in [-0.2, 0) is 9.59 Å². The summed E-state index contributed by atoms with van der Waals surface area (Å²) in [7, 11) is 0. The Kier molecular flexibility index (Phi) is 10.9. The number of aromatic nitrogens is 1. The zero-order valence-electron chi connectivity index (χ0n) is 26.0. The van der Waals surface area contributed by atoms with E-state index in [9.17, 15) is 14.4 Å². The van der Waals surface area contributed by atoms with E-state index in [0.717, 1.165) is 44.9 Å². The largest absolute Gasteiger partial charge is 0.351 e. The maximum Gasteiger partial charge on any atom is 0.290 e. The Morgan fingerprint density at radius 2 is 1.57 bits per heavy atom. The Hall–Kier alpha value is -3.94. The van der Waals surface area contributed by atoms with Crippen molar-refractivity contribution in [3.63, 3.8) is 0 Å². The Labute approximate surface area is 261 Å². The third-order valence-corrected chi connectivity index (χ3v) is 9.65. The molecule has 8 nitrogen and oxygen atoms in total. The van der Waals surface area contributed by atoms with Crippen LogP contribution < -0.4 is 10.6 Å². The third-order valence-electron chi connectivity index (χ3n) is 9.65. The molecule has 3 aromatic rings. The van der Waals surface area contributed by atoms with Gasteiger partial charge in [0, 0.05) is 19.2 Å². The smallest absolute Gasteiger partial charge is 0.290 e. The number of hydrogen-bond acceptors (Lipinski definition) is 5. The first-order chi connectivity index (χ1) is 21.4. The van der Waals surface area contributed by atoms with E-state index in [1.54, 1.807) is 0 Å². The normalized spacial score (nSPS) is 18.3. The molecule has 2 N–H and O–H groups in total. The fourth-order valence-corrected chi connectivity index (χ4v) is 6.70. The summed E-state index contributed by atoms with van der Waals surface area (Å²) in [5.74, 6) is -0.0453. The van der Waals surface area contributed by atoms with Crippen LogP contribution in [0.3, 0.4) is 0 Å². The summed E-state index contributed by atoms with van der Waals surface area (Å²) in [6, 6.07) is 19.2. The molecule has 3 amide bonds. The second-order valence-electron chi connectivity index (χ2n) is 12.6. The predicted molar refractivity (Wildman–Crippen MR) is 171 cm³/mol. The number of carbonyl (C=O) groups is 3. The molecule has 5 rings (SSSR count). The van der Waals surface area contributed by atoms with Gasteiger partial charge < -0.3 is 20.1 Å². The summed E-state index contributed by atoms with van der Waals surface area (Å²) in [6.07, 6.45) is 10.0. The van der Waals surface area contributed by atoms with Gasteiger partial charge in [-0.3, -0.25) is 14.4 Å². The van der Waals surface area contributed by atoms with Crippen LogP contribution in [0.4, 0.5) is 0 Å². The Balaban J connectivity index is 1.22. The standard InChI is InChI=1S/C36H46N4O4/c1-3-25(2)33(39-34(41)31(24-26-10-6-4-7-11-26)38-35(42)32-18-21-37-44-32)36(43)40-22-19-30(20-23-40)29-16-14-28(15-17-29)27-12-8-5-9-13-27/h5,8-9,12-18,21,25-26,30-31,33H,3-4,6-7,10-11,19-20,22-24H2,1-2H3,(H,38,42)(H,39,41)/t25-,31-,33-/m0/s1. The number of likely N-dealkylation sites (tertiary alicyclic amines) is 1. The van der Waals surface area contributed by atoms with E-state index >= 15 is 0 Å². The van der Waals surface area contributed by atoms with Gasteiger partial charge in [0.15, 0.2) is 0 Å². The molecule has 0 bridgehead atoms. The van der Waals surface area contributed by atoms with Gasteiger partial charge in [0.1, 0.15) is 12.1 Å². The van der Waals surface area contributed by atoms with Crippen LogP contribution >= 0.6 is 0 Å². The van der Waals surface area contributed by atoms with Gasteiger partial charge in [0.25, 0.3) is 5.91 Å². The van der Waals surface area contributed by atoms with Crippen molar-refractivity contribution in [3.05, 3.63) is 78.2 Å². The van der Waals surface area contributed by atoms with E-state index in [1.165, 1.54) is 35.4 Å². The van der Waals surface area contributed by atoms with Gasteiger partial charge in [-0.1, -0.05) is 112 Å². The number of amides is 3. The van der Waals surface area contributed by atoms with E-state index in [2.05, 4.69) is 64.3 Å². The molecule has 0 spiro atoms. The van der Waals surface area contributed by atoms with Gasteiger partial charge in [-0.15, -0.1) is 0 Å². The van der Waals surface area contributed by atoms with Crippen molar-refractivity contribution in [1.29, 1.82) is 0 Å². The van der Waals surface area contributed by atoms with Crippen LogP contribution in [0.1, 0.15) is 93.7 Å². The van der Waals surface area contributed by atoms with Gasteiger partial charge in [0.2, 0.25) is 17.6 Å². The lowest BCUT2D eigenvalue weighted by Gasteiger charge is -2.36. The van der Waals surface area contributed by atoms with E-state index in [1.807, 2.05) is 24.8 Å². The lowest BCUT2D eigenvalue weighted by Crippen LogP contribution is -2.57. The van der Waals surface area contributed by atoms with E-state index in [-0.39, 0.29) is 23.5 Å². The zero-order valence-corrected chi connectivity index (χ0v) is 26.0. The molecule has 1 saturated carbocycles. The summed E-state index contributed by atoms with van der Waals surface area (Å²) in [4.78, 5) is 42.4. The predicted octanol–water partition coefficient (Wildman–Crippen LogP) is 6.35. The summed E-state index contributed by atoms with van der Waals surface area (Å²) in [5, 5.41) is 9.58. The summed E-state index contributed by atoms with van der Waals surface area (Å²) in [5.41, 5.74) is 3.71. The van der Waals surface area contributed by atoms with E-state index < -0.39 is 18.0 Å². The minimum absolute atomic E-state index is 0.0384. The van der Waals surface area contributed by atoms with Gasteiger partial charge >= 0.3 is 0 Å². The van der Waals surface area contributed by atoms with Crippen molar-refractivity contribution in [2.45, 2.75) is 89.6 Å². The van der Waals surface area contributed by atoms with Crippen LogP contribution in [-0.4, -0.2) is 53.0 Å². The zero-order chi connectivity index (χ0) is 30.9. The molecule has 234 valence electrons. The SMILES string of the molecule is CC[C@H](C)[C@H](NC(=O)[C@H](CC1CCCCC1)NC(=O)c1ccno1)C(=O)N1CCC(c2ccc(-c3ccccc3)cc2)CC1. The molecule has 2 heterocycles. The fourth-order valence-electron chi connectivity index (χ4n) is 6.70. The molecule has 2 aromatic carbocycles. The van der Waals surface area contributed by atoms with E-state index in [4.69, 9.17) is 4.52 Å². The average Bonchev–Trinajstić information content (AvgIpc) is 3.63. The lowest BCUT2D eigenvalue weighted by atomic mass is 9.84. The molecule has 0 unspecified atom stereocenters. The molecular weight excluding hydrogens is 552 g/mol. The van der Waals surface area contributed by atoms with Gasteiger partial charge in [-0.05, 0) is 53.7 Å². The summed E-state index contributed by atoms with van der Waals surface area (Å²) < 4.78 is 5.03. The number of carbonyl (C=O) groups excluding carboxylic acids is 3. The van der Waals surface area contributed by atoms with Crippen molar-refractivity contribution in [1.82, 2.24) is 20.7 Å². The minimum Gasteiger partial charge on any atom is -0.351 e. The maximum absolute atomic E-state index is 13.9. The fraction of sp³-hybridized carbons (Fsp3) is 0.500. The number of piperidine rings is 1. The molecule has 2 aliphatic rings. The van der Waals surface area contributed by atoms with Crippen LogP contribution in [0.25, 0.3) is 11.1 Å². The van der Waals surface area contributed by atoms with Gasteiger partial charge in [-0.2, -0.15) is 0 Å². The van der Waals surface area contributed by atoms with Crippen LogP contribution in [0.5, 0.6) is 0 Å². The number of hydrogen-bond donors (Lipinski definition) is 2. The molecule has 1 saturated heterocycles. The molecule has 1 aliphatic heterocycles. The maximum atomic E-state index is 13.9. The highest BCUT2D eigenvalue weighted by molar-refractivity contribution is 5.96. The summed E-state index contributed by atoms with van der Waals surface area (Å²) in [6.45, 7) is 5.35. The average molecular weight is 599 g/mol. The first-order valence-electron chi connectivity index (χ1n) is 16.4. The molecule has 3 atom stereocenters. The van der Waals surface area contributed by atoms with Crippen LogP contribution in [0, 0.1) is 11.8 Å². The Bertz CT molecular complexity index is 1340. The highest BCUT2D eigenvalue weighted by Gasteiger charge is 2.35. The Morgan fingerprint density at radius 3 is 2.20 bits per heavy atom. The monoisotopic (exact) mass is 598 g/mol. The first kappa shape index (κ1) is 31.5. The quantitative estimate of drug-likeness (QED) is 0.268. The molecule has 1 aliphatic carbocycles. The number of nitrogens with zero attached hydrogens (tertiary/aromatic N) is 2. The second-order valence-corrected chi connectivity index (χ2v) is 12.6. The van der Waals surface area contributed by atoms with Crippen LogP contribution in [0.2, 0.25) is 0 Å². The molecule has 8 heteroatoms. The number of nitrogens with one attached hydrogen (secondary N) is 2. The van der Waals surface area contributed by atoms with Crippen molar-refractivity contribution in [3.8, 4) is 11.1 Å². The minimum atomic E-state index is -0.750. The molecule has 2 fully saturated rings. The van der Waals surface area contributed by atoms with Gasteiger partial charge in [-0.25, -0.2) is 0 Å². The van der Waals surface area contributed by atoms with Crippen molar-refractivity contribution in [2.75, 3.05) is 13.1 Å². The number of rotatable bonds is 11. The third kappa shape index (κ3) is 7.96. The topological polar surface area (TPSA) is 105 Å². The van der Waals surface area contributed by atoms with Crippen molar-refractivity contribution >= 4 is 17.7 Å².